The summed E-state index contributed by atoms with van der Waals surface area (Å²) in [5.41, 5.74) is 5.44. The molecule has 2 aromatic heterocycles. The highest BCUT2D eigenvalue weighted by Gasteiger charge is 2.33. The van der Waals surface area contributed by atoms with Gasteiger partial charge in [0, 0.05) is 23.6 Å². The average molecular weight is 422 g/mol. The first kappa shape index (κ1) is 19.9. The van der Waals surface area contributed by atoms with E-state index in [4.69, 9.17) is 9.72 Å². The van der Waals surface area contributed by atoms with E-state index in [1.165, 1.54) is 6.07 Å². The van der Waals surface area contributed by atoms with Crippen LogP contribution in [0.4, 0.5) is 4.39 Å². The molecule has 0 radical (unpaired) electrons. The van der Waals surface area contributed by atoms with Crippen LogP contribution in [0.5, 0.6) is 0 Å². The number of hydrogen-bond donors (Lipinski definition) is 1. The number of fused-ring (bicyclic) bond motifs is 5. The van der Waals surface area contributed by atoms with Crippen LogP contribution >= 0.6 is 0 Å². The number of benzene rings is 1. The fraction of sp³-hybridized carbons (Fsp3) is 0.375. The Morgan fingerprint density at radius 3 is 2.81 bits per heavy atom. The predicted octanol–water partition coefficient (Wildman–Crippen LogP) is 3.35. The standard InChI is InChI=1S/C24H23FN2O4/c1-12-7-16-14(5-3-4-6-28)17-10-27-21(22(17)26-20(16)9-19(12)25)8-15-13(2)24(30)31-11-18(15)23(27)29/h7-9,13,28H,3-6,10-11H2,1-2H3. The van der Waals surface area contributed by atoms with Gasteiger partial charge >= 0.3 is 5.97 Å². The third-order valence-corrected chi connectivity index (χ3v) is 6.49. The monoisotopic (exact) mass is 422 g/mol. The van der Waals surface area contributed by atoms with Crippen LogP contribution in [-0.2, 0) is 29.1 Å². The van der Waals surface area contributed by atoms with Gasteiger partial charge in [0.15, 0.2) is 0 Å². The van der Waals surface area contributed by atoms with Crippen LogP contribution in [0.2, 0.25) is 0 Å². The number of aliphatic hydroxyl groups excluding tert-OH is 1. The van der Waals surface area contributed by atoms with Gasteiger partial charge in [0.2, 0.25) is 0 Å². The van der Waals surface area contributed by atoms with E-state index in [1.807, 2.05) is 12.1 Å². The molecule has 1 aromatic carbocycles. The Labute approximate surface area is 178 Å². The molecule has 0 fully saturated rings. The maximum absolute atomic E-state index is 14.3. The normalized spacial score (nSPS) is 16.8. The maximum atomic E-state index is 14.3. The van der Waals surface area contributed by atoms with Crippen molar-refractivity contribution in [3.63, 3.8) is 0 Å². The Hall–Kier alpha value is -3.06. The second-order valence-electron chi connectivity index (χ2n) is 8.40. The molecule has 1 atom stereocenters. The van der Waals surface area contributed by atoms with Crippen molar-refractivity contribution in [3.05, 3.63) is 62.2 Å². The zero-order chi connectivity index (χ0) is 21.9. The number of pyridine rings is 2. The first-order valence-electron chi connectivity index (χ1n) is 10.6. The second-order valence-corrected chi connectivity index (χ2v) is 8.40. The van der Waals surface area contributed by atoms with E-state index in [-0.39, 0.29) is 30.6 Å². The summed E-state index contributed by atoms with van der Waals surface area (Å²) in [4.78, 5) is 30.1. The highest BCUT2D eigenvalue weighted by molar-refractivity contribution is 5.89. The van der Waals surface area contributed by atoms with Crippen molar-refractivity contribution >= 4 is 16.9 Å². The van der Waals surface area contributed by atoms with Crippen LogP contribution < -0.4 is 5.56 Å². The molecule has 1 unspecified atom stereocenters. The van der Waals surface area contributed by atoms with Gasteiger partial charge in [0.05, 0.1) is 34.9 Å². The molecule has 0 amide bonds. The minimum atomic E-state index is -0.518. The van der Waals surface area contributed by atoms with Crippen molar-refractivity contribution in [2.45, 2.75) is 52.2 Å². The summed E-state index contributed by atoms with van der Waals surface area (Å²) in [6.45, 7) is 3.94. The Bertz CT molecular complexity index is 1310. The van der Waals surface area contributed by atoms with Gasteiger partial charge in [0.25, 0.3) is 5.56 Å². The molecule has 6 nitrogen and oxygen atoms in total. The summed E-state index contributed by atoms with van der Waals surface area (Å²) in [5, 5.41) is 10.1. The summed E-state index contributed by atoms with van der Waals surface area (Å²) in [7, 11) is 0. The van der Waals surface area contributed by atoms with Crippen molar-refractivity contribution in [3.8, 4) is 11.4 Å². The number of aryl methyl sites for hydroxylation is 2. The fourth-order valence-electron chi connectivity index (χ4n) is 4.73. The SMILES string of the molecule is Cc1cc2c(CCCCO)c3c(nc2cc1F)-c1cc2c(c(=O)n1C3)COC(=O)C2C. The molecule has 0 spiro atoms. The number of ether oxygens (including phenoxy) is 1. The van der Waals surface area contributed by atoms with Crippen LogP contribution in [0, 0.1) is 12.7 Å². The molecule has 5 rings (SSSR count). The molecule has 2 aliphatic heterocycles. The Morgan fingerprint density at radius 1 is 1.23 bits per heavy atom. The molecule has 0 aliphatic carbocycles. The zero-order valence-electron chi connectivity index (χ0n) is 17.5. The topological polar surface area (TPSA) is 81.4 Å². The van der Waals surface area contributed by atoms with Crippen LogP contribution in [0.15, 0.2) is 23.0 Å². The van der Waals surface area contributed by atoms with Gasteiger partial charge in [-0.3, -0.25) is 9.59 Å². The summed E-state index contributed by atoms with van der Waals surface area (Å²) in [5.74, 6) is -1.18. The molecule has 0 saturated carbocycles. The third kappa shape index (κ3) is 2.98. The van der Waals surface area contributed by atoms with E-state index < -0.39 is 5.92 Å². The third-order valence-electron chi connectivity index (χ3n) is 6.49. The first-order valence-corrected chi connectivity index (χ1v) is 10.6. The number of cyclic esters (lactones) is 1. The number of aliphatic hydroxyl groups is 1. The molecule has 2 aliphatic rings. The molecular weight excluding hydrogens is 399 g/mol. The van der Waals surface area contributed by atoms with E-state index in [1.54, 1.807) is 18.4 Å². The van der Waals surface area contributed by atoms with Crippen LogP contribution in [0.25, 0.3) is 22.3 Å². The van der Waals surface area contributed by atoms with Gasteiger partial charge in [-0.05, 0) is 61.9 Å². The minimum Gasteiger partial charge on any atom is -0.460 e. The lowest BCUT2D eigenvalue weighted by molar-refractivity contribution is -0.147. The molecule has 31 heavy (non-hydrogen) atoms. The number of unbranched alkanes of at least 4 members (excludes halogenated alkanes) is 1. The molecule has 3 aromatic rings. The number of esters is 1. The summed E-state index contributed by atoms with van der Waals surface area (Å²) in [6.07, 6.45) is 2.14. The Morgan fingerprint density at radius 2 is 2.03 bits per heavy atom. The van der Waals surface area contributed by atoms with E-state index >= 15 is 0 Å². The van der Waals surface area contributed by atoms with Gasteiger partial charge in [-0.1, -0.05) is 0 Å². The molecule has 0 bridgehead atoms. The summed E-state index contributed by atoms with van der Waals surface area (Å²) >= 11 is 0. The van der Waals surface area contributed by atoms with Gasteiger partial charge in [-0.2, -0.15) is 0 Å². The number of carbonyl (C=O) groups excluding carboxylic acids is 1. The molecule has 1 N–H and O–H groups in total. The molecule has 160 valence electrons. The molecule has 4 heterocycles. The van der Waals surface area contributed by atoms with Gasteiger partial charge in [-0.15, -0.1) is 0 Å². The number of rotatable bonds is 4. The van der Waals surface area contributed by atoms with Crippen LogP contribution in [0.1, 0.15) is 53.5 Å². The predicted molar refractivity (Wildman–Crippen MR) is 113 cm³/mol. The second kappa shape index (κ2) is 7.27. The number of halogens is 1. The maximum Gasteiger partial charge on any atom is 0.313 e. The highest BCUT2D eigenvalue weighted by Crippen LogP contribution is 2.39. The summed E-state index contributed by atoms with van der Waals surface area (Å²) in [6, 6.07) is 5.13. The van der Waals surface area contributed by atoms with Crippen molar-refractivity contribution in [2.24, 2.45) is 0 Å². The van der Waals surface area contributed by atoms with Crippen molar-refractivity contribution < 1.29 is 19.0 Å². The minimum absolute atomic E-state index is 0.0167. The van der Waals surface area contributed by atoms with Crippen molar-refractivity contribution in [1.82, 2.24) is 9.55 Å². The molecule has 0 saturated heterocycles. The smallest absolute Gasteiger partial charge is 0.313 e. The van der Waals surface area contributed by atoms with E-state index in [0.29, 0.717) is 53.0 Å². The van der Waals surface area contributed by atoms with Gasteiger partial charge in [0.1, 0.15) is 12.4 Å². The Kier molecular flexibility index (Phi) is 4.66. The highest BCUT2D eigenvalue weighted by atomic mass is 19.1. The van der Waals surface area contributed by atoms with Gasteiger partial charge in [-0.25, -0.2) is 9.37 Å². The summed E-state index contributed by atoms with van der Waals surface area (Å²) < 4.78 is 21.2. The number of hydrogen-bond acceptors (Lipinski definition) is 5. The quantitative estimate of drug-likeness (QED) is 0.403. The Balaban J connectivity index is 1.76. The van der Waals surface area contributed by atoms with Crippen LogP contribution in [0.3, 0.4) is 0 Å². The largest absolute Gasteiger partial charge is 0.460 e. The van der Waals surface area contributed by atoms with E-state index in [2.05, 4.69) is 0 Å². The zero-order valence-corrected chi connectivity index (χ0v) is 17.5. The first-order chi connectivity index (χ1) is 14.9. The fourth-order valence-corrected chi connectivity index (χ4v) is 4.73. The van der Waals surface area contributed by atoms with Crippen molar-refractivity contribution in [2.75, 3.05) is 6.61 Å². The van der Waals surface area contributed by atoms with E-state index in [0.717, 1.165) is 22.9 Å². The molecule has 7 heteroatoms. The van der Waals surface area contributed by atoms with Crippen LogP contribution in [-0.4, -0.2) is 27.2 Å². The van der Waals surface area contributed by atoms with Crippen molar-refractivity contribution in [1.29, 1.82) is 0 Å². The average Bonchev–Trinajstić information content (AvgIpc) is 3.11. The van der Waals surface area contributed by atoms with Gasteiger partial charge < -0.3 is 14.4 Å². The lowest BCUT2D eigenvalue weighted by Gasteiger charge is -2.22. The lowest BCUT2D eigenvalue weighted by Crippen LogP contribution is -2.31. The number of nitrogens with zero attached hydrogens (tertiary/aromatic N) is 2. The lowest BCUT2D eigenvalue weighted by atomic mass is 9.93. The molecular formula is C24H23FN2O4. The number of aromatic nitrogens is 2. The van der Waals surface area contributed by atoms with E-state index in [9.17, 15) is 19.1 Å². The number of carbonyl (C=O) groups is 1.